The van der Waals surface area contributed by atoms with Crippen LogP contribution in [0.15, 0.2) is 36.4 Å². The van der Waals surface area contributed by atoms with Crippen LogP contribution in [-0.2, 0) is 6.42 Å². The Kier molecular flexibility index (Phi) is 4.70. The van der Waals surface area contributed by atoms with E-state index in [4.69, 9.17) is 17.4 Å². The molecular formula is C15H15ClF2N2. The molecule has 0 fully saturated rings. The molecule has 0 amide bonds. The minimum absolute atomic E-state index is 0.169. The summed E-state index contributed by atoms with van der Waals surface area (Å²) in [7, 11) is 0. The van der Waals surface area contributed by atoms with Gasteiger partial charge in [0.25, 0.3) is 0 Å². The van der Waals surface area contributed by atoms with Crippen molar-refractivity contribution < 1.29 is 8.78 Å². The predicted molar refractivity (Wildman–Crippen MR) is 76.3 cm³/mol. The van der Waals surface area contributed by atoms with Gasteiger partial charge in [-0.1, -0.05) is 35.9 Å². The Morgan fingerprint density at radius 3 is 2.55 bits per heavy atom. The van der Waals surface area contributed by atoms with Crippen molar-refractivity contribution in [1.29, 1.82) is 0 Å². The molecule has 1 unspecified atom stereocenters. The SMILES string of the molecule is Cc1cccc(C(Cc2c(F)cccc2Cl)NN)c1F. The van der Waals surface area contributed by atoms with Crippen molar-refractivity contribution in [2.24, 2.45) is 5.84 Å². The second-order valence-electron chi connectivity index (χ2n) is 4.60. The van der Waals surface area contributed by atoms with E-state index >= 15 is 0 Å². The Balaban J connectivity index is 2.37. The number of halogens is 3. The van der Waals surface area contributed by atoms with Crippen molar-refractivity contribution in [2.45, 2.75) is 19.4 Å². The van der Waals surface area contributed by atoms with Crippen molar-refractivity contribution in [3.8, 4) is 0 Å². The minimum Gasteiger partial charge on any atom is -0.271 e. The topological polar surface area (TPSA) is 38.0 Å². The lowest BCUT2D eigenvalue weighted by Gasteiger charge is -2.19. The molecule has 20 heavy (non-hydrogen) atoms. The molecule has 2 aromatic rings. The number of rotatable bonds is 4. The smallest absolute Gasteiger partial charge is 0.130 e. The monoisotopic (exact) mass is 296 g/mol. The summed E-state index contributed by atoms with van der Waals surface area (Å²) >= 11 is 5.99. The maximum absolute atomic E-state index is 14.1. The van der Waals surface area contributed by atoms with Crippen molar-refractivity contribution in [1.82, 2.24) is 5.43 Å². The summed E-state index contributed by atoms with van der Waals surface area (Å²) in [5, 5.41) is 0.304. The van der Waals surface area contributed by atoms with E-state index in [1.54, 1.807) is 31.2 Å². The average Bonchev–Trinajstić information content (AvgIpc) is 2.42. The molecule has 0 aliphatic rings. The lowest BCUT2D eigenvalue weighted by atomic mass is 9.97. The third kappa shape index (κ3) is 2.98. The standard InChI is InChI=1S/C15H15ClF2N2/c1-9-4-2-5-10(15(9)18)14(20-19)8-11-12(16)6-3-7-13(11)17/h2-7,14,20H,8,19H2,1H3. The molecule has 0 aromatic heterocycles. The average molecular weight is 297 g/mol. The van der Waals surface area contributed by atoms with Crippen molar-refractivity contribution in [2.75, 3.05) is 0 Å². The van der Waals surface area contributed by atoms with Gasteiger partial charge < -0.3 is 0 Å². The van der Waals surface area contributed by atoms with E-state index in [1.165, 1.54) is 12.1 Å². The first-order chi connectivity index (χ1) is 9.54. The number of aryl methyl sites for hydroxylation is 1. The highest BCUT2D eigenvalue weighted by Gasteiger charge is 2.19. The fourth-order valence-electron chi connectivity index (χ4n) is 2.13. The maximum Gasteiger partial charge on any atom is 0.130 e. The first-order valence-corrected chi connectivity index (χ1v) is 6.56. The Morgan fingerprint density at radius 2 is 1.90 bits per heavy atom. The summed E-state index contributed by atoms with van der Waals surface area (Å²) in [5.41, 5.74) is 3.75. The highest BCUT2D eigenvalue weighted by Crippen LogP contribution is 2.27. The van der Waals surface area contributed by atoms with Crippen LogP contribution in [0.1, 0.15) is 22.7 Å². The molecule has 0 bridgehead atoms. The maximum atomic E-state index is 14.1. The van der Waals surface area contributed by atoms with Crippen LogP contribution in [0.3, 0.4) is 0 Å². The van der Waals surface area contributed by atoms with Crippen molar-refractivity contribution in [3.63, 3.8) is 0 Å². The molecule has 3 N–H and O–H groups in total. The fraction of sp³-hybridized carbons (Fsp3) is 0.200. The van der Waals surface area contributed by atoms with Crippen LogP contribution in [0.4, 0.5) is 8.78 Å². The third-order valence-electron chi connectivity index (χ3n) is 3.27. The molecule has 0 heterocycles. The summed E-state index contributed by atoms with van der Waals surface area (Å²) < 4.78 is 27.9. The van der Waals surface area contributed by atoms with Gasteiger partial charge in [0, 0.05) is 16.1 Å². The molecule has 0 radical (unpaired) electrons. The molecular weight excluding hydrogens is 282 g/mol. The van der Waals surface area contributed by atoms with Crippen molar-refractivity contribution in [3.05, 3.63) is 69.7 Å². The molecule has 0 saturated carbocycles. The molecule has 0 spiro atoms. The van der Waals surface area contributed by atoms with Crippen molar-refractivity contribution >= 4 is 11.6 Å². The Labute approximate surface area is 121 Å². The number of nitrogens with two attached hydrogens (primary N) is 1. The van der Waals surface area contributed by atoms with Crippen LogP contribution >= 0.6 is 11.6 Å². The van der Waals surface area contributed by atoms with E-state index in [1.807, 2.05) is 0 Å². The van der Waals surface area contributed by atoms with Gasteiger partial charge in [0.15, 0.2) is 0 Å². The lowest BCUT2D eigenvalue weighted by molar-refractivity contribution is 0.496. The zero-order chi connectivity index (χ0) is 14.7. The highest BCUT2D eigenvalue weighted by atomic mass is 35.5. The van der Waals surface area contributed by atoms with E-state index in [0.717, 1.165) is 0 Å². The van der Waals surface area contributed by atoms with E-state index < -0.39 is 11.9 Å². The first kappa shape index (κ1) is 14.9. The lowest BCUT2D eigenvalue weighted by Crippen LogP contribution is -2.30. The van der Waals surface area contributed by atoms with Crippen LogP contribution in [0.2, 0.25) is 5.02 Å². The zero-order valence-corrected chi connectivity index (χ0v) is 11.7. The van der Waals surface area contributed by atoms with Crippen LogP contribution in [0.25, 0.3) is 0 Å². The number of hydrazine groups is 1. The predicted octanol–water partition coefficient (Wildman–Crippen LogP) is 3.67. The van der Waals surface area contributed by atoms with Crippen LogP contribution < -0.4 is 11.3 Å². The molecule has 0 saturated heterocycles. The molecule has 5 heteroatoms. The summed E-state index contributed by atoms with van der Waals surface area (Å²) in [6.07, 6.45) is 0.169. The Morgan fingerprint density at radius 1 is 1.20 bits per heavy atom. The fourth-order valence-corrected chi connectivity index (χ4v) is 2.37. The number of hydrogen-bond donors (Lipinski definition) is 2. The van der Waals surface area contributed by atoms with Crippen LogP contribution in [-0.4, -0.2) is 0 Å². The van der Waals surface area contributed by atoms with Gasteiger partial charge in [-0.15, -0.1) is 0 Å². The summed E-state index contributed by atoms with van der Waals surface area (Å²) in [4.78, 5) is 0. The van der Waals surface area contributed by atoms with Gasteiger partial charge in [0.2, 0.25) is 0 Å². The normalized spacial score (nSPS) is 12.4. The quantitative estimate of drug-likeness (QED) is 0.667. The van der Waals surface area contributed by atoms with Crippen LogP contribution in [0, 0.1) is 18.6 Å². The van der Waals surface area contributed by atoms with Gasteiger partial charge >= 0.3 is 0 Å². The van der Waals surface area contributed by atoms with E-state index in [-0.39, 0.29) is 12.2 Å². The molecule has 0 aliphatic heterocycles. The summed E-state index contributed by atoms with van der Waals surface area (Å²) in [6, 6.07) is 8.93. The van der Waals surface area contributed by atoms with Gasteiger partial charge in [-0.05, 0) is 31.0 Å². The molecule has 106 valence electrons. The van der Waals surface area contributed by atoms with Gasteiger partial charge in [0.1, 0.15) is 11.6 Å². The summed E-state index contributed by atoms with van der Waals surface area (Å²) in [5.74, 6) is 4.72. The second kappa shape index (κ2) is 6.31. The molecule has 2 rings (SSSR count). The zero-order valence-electron chi connectivity index (χ0n) is 11.0. The largest absolute Gasteiger partial charge is 0.271 e. The van der Waals surface area contributed by atoms with E-state index in [0.29, 0.717) is 21.7 Å². The van der Waals surface area contributed by atoms with Gasteiger partial charge in [-0.25, -0.2) is 8.78 Å². The van der Waals surface area contributed by atoms with Gasteiger partial charge in [-0.2, -0.15) is 0 Å². The molecule has 1 atom stereocenters. The number of benzene rings is 2. The third-order valence-corrected chi connectivity index (χ3v) is 3.62. The molecule has 2 nitrogen and oxygen atoms in total. The second-order valence-corrected chi connectivity index (χ2v) is 5.01. The van der Waals surface area contributed by atoms with Gasteiger partial charge in [-0.3, -0.25) is 11.3 Å². The van der Waals surface area contributed by atoms with Crippen LogP contribution in [0.5, 0.6) is 0 Å². The number of hydrogen-bond acceptors (Lipinski definition) is 2. The molecule has 2 aromatic carbocycles. The molecule has 0 aliphatic carbocycles. The Hall–Kier alpha value is -1.49. The summed E-state index contributed by atoms with van der Waals surface area (Å²) in [6.45, 7) is 1.67. The Bertz CT molecular complexity index is 597. The number of nitrogens with one attached hydrogen (secondary N) is 1. The van der Waals surface area contributed by atoms with E-state index in [2.05, 4.69) is 5.43 Å². The minimum atomic E-state index is -0.552. The highest BCUT2D eigenvalue weighted by molar-refractivity contribution is 6.31. The van der Waals surface area contributed by atoms with E-state index in [9.17, 15) is 8.78 Å². The van der Waals surface area contributed by atoms with Gasteiger partial charge in [0.05, 0.1) is 6.04 Å². The first-order valence-electron chi connectivity index (χ1n) is 6.18.